The second-order valence-corrected chi connectivity index (χ2v) is 7.34. The van der Waals surface area contributed by atoms with Gasteiger partial charge in [-0.05, 0) is 31.0 Å². The molecule has 6 nitrogen and oxygen atoms in total. The van der Waals surface area contributed by atoms with Gasteiger partial charge < -0.3 is 10.2 Å². The van der Waals surface area contributed by atoms with Crippen molar-refractivity contribution in [2.75, 3.05) is 18.9 Å². The fraction of sp³-hybridized carbons (Fsp3) is 0.471. The Balaban J connectivity index is 1.72. The van der Waals surface area contributed by atoms with Gasteiger partial charge in [0, 0.05) is 12.1 Å². The number of carbonyl (C=O) groups is 3. The van der Waals surface area contributed by atoms with Crippen molar-refractivity contribution in [1.82, 2.24) is 9.80 Å². The number of halogens is 2. The zero-order chi connectivity index (χ0) is 18.2. The maximum absolute atomic E-state index is 12.8. The molecular formula is C17H19Cl2N3O3. The first-order chi connectivity index (χ1) is 11.8. The number of urea groups is 1. The van der Waals surface area contributed by atoms with E-state index < -0.39 is 17.5 Å². The quantitative estimate of drug-likeness (QED) is 0.811. The van der Waals surface area contributed by atoms with Crippen LogP contribution in [0.2, 0.25) is 10.0 Å². The molecule has 25 heavy (non-hydrogen) atoms. The Labute approximate surface area is 156 Å². The third kappa shape index (κ3) is 3.20. The first-order valence-electron chi connectivity index (χ1n) is 8.20. The summed E-state index contributed by atoms with van der Waals surface area (Å²) >= 11 is 11.9. The molecule has 0 atom stereocenters. The highest BCUT2D eigenvalue weighted by molar-refractivity contribution is 6.36. The lowest BCUT2D eigenvalue weighted by atomic mass is 9.81. The van der Waals surface area contributed by atoms with Gasteiger partial charge in [-0.15, -0.1) is 0 Å². The van der Waals surface area contributed by atoms with Crippen LogP contribution in [0.1, 0.15) is 32.1 Å². The van der Waals surface area contributed by atoms with Gasteiger partial charge >= 0.3 is 6.03 Å². The normalized spacial score (nSPS) is 19.6. The Kier molecular flexibility index (Phi) is 4.93. The van der Waals surface area contributed by atoms with Crippen LogP contribution in [0.25, 0.3) is 0 Å². The molecule has 1 aliphatic carbocycles. The number of carbonyl (C=O) groups excluding carboxylic acids is 3. The third-order valence-electron chi connectivity index (χ3n) is 4.99. The molecule has 1 spiro atoms. The zero-order valence-corrected chi connectivity index (χ0v) is 15.4. The van der Waals surface area contributed by atoms with Gasteiger partial charge in [-0.2, -0.15) is 0 Å². The fourth-order valence-corrected chi connectivity index (χ4v) is 4.05. The van der Waals surface area contributed by atoms with Crippen LogP contribution in [-0.4, -0.2) is 46.8 Å². The van der Waals surface area contributed by atoms with Gasteiger partial charge in [-0.3, -0.25) is 14.5 Å². The standard InChI is InChI=1S/C17H19Cl2N3O3/c1-21-16(25)22(15(24)17(21)7-3-2-4-8-17)10-14(23)20-13-6-5-11(18)9-12(13)19/h5-6,9H,2-4,7-8,10H2,1H3,(H,20,23). The summed E-state index contributed by atoms with van der Waals surface area (Å²) in [7, 11) is 1.64. The molecule has 0 unspecified atom stereocenters. The van der Waals surface area contributed by atoms with Gasteiger partial charge in [0.2, 0.25) is 5.91 Å². The smallest absolute Gasteiger partial charge is 0.323 e. The number of imide groups is 1. The number of nitrogens with one attached hydrogen (secondary N) is 1. The number of benzene rings is 1. The molecule has 0 aromatic heterocycles. The molecule has 1 aromatic rings. The molecule has 2 fully saturated rings. The van der Waals surface area contributed by atoms with Gasteiger partial charge in [0.1, 0.15) is 12.1 Å². The predicted molar refractivity (Wildman–Crippen MR) is 95.8 cm³/mol. The molecule has 1 saturated carbocycles. The van der Waals surface area contributed by atoms with Crippen LogP contribution in [0.3, 0.4) is 0 Å². The van der Waals surface area contributed by atoms with Crippen molar-refractivity contribution in [3.05, 3.63) is 28.2 Å². The number of hydrogen-bond donors (Lipinski definition) is 1. The molecular weight excluding hydrogens is 365 g/mol. The highest BCUT2D eigenvalue weighted by atomic mass is 35.5. The fourth-order valence-electron chi connectivity index (χ4n) is 3.60. The molecule has 1 saturated heterocycles. The van der Waals surface area contributed by atoms with Crippen molar-refractivity contribution in [3.63, 3.8) is 0 Å². The lowest BCUT2D eigenvalue weighted by Crippen LogP contribution is -2.49. The molecule has 0 bridgehead atoms. The number of amides is 4. The number of hydrogen-bond acceptors (Lipinski definition) is 3. The van der Waals surface area contributed by atoms with E-state index in [1.165, 1.54) is 11.0 Å². The van der Waals surface area contributed by atoms with E-state index in [-0.39, 0.29) is 12.5 Å². The summed E-state index contributed by atoms with van der Waals surface area (Å²) in [6.07, 6.45) is 4.17. The summed E-state index contributed by atoms with van der Waals surface area (Å²) in [6.45, 7) is -0.331. The molecule has 0 radical (unpaired) electrons. The Hall–Kier alpha value is -1.79. The van der Waals surface area contributed by atoms with Crippen molar-refractivity contribution in [1.29, 1.82) is 0 Å². The second kappa shape index (κ2) is 6.84. The van der Waals surface area contributed by atoms with Crippen LogP contribution in [0.5, 0.6) is 0 Å². The largest absolute Gasteiger partial charge is 0.327 e. The molecule has 1 aliphatic heterocycles. The van der Waals surface area contributed by atoms with Gasteiger partial charge in [0.15, 0.2) is 0 Å². The summed E-state index contributed by atoms with van der Waals surface area (Å²) in [5.41, 5.74) is -0.399. The molecule has 1 heterocycles. The van der Waals surface area contributed by atoms with E-state index in [4.69, 9.17) is 23.2 Å². The van der Waals surface area contributed by atoms with Gasteiger partial charge in [-0.1, -0.05) is 42.5 Å². The van der Waals surface area contributed by atoms with E-state index in [0.717, 1.165) is 24.2 Å². The Morgan fingerprint density at radius 2 is 1.88 bits per heavy atom. The van der Waals surface area contributed by atoms with Gasteiger partial charge in [0.25, 0.3) is 5.91 Å². The van der Waals surface area contributed by atoms with Gasteiger partial charge in [-0.25, -0.2) is 4.79 Å². The molecule has 4 amide bonds. The molecule has 1 aromatic carbocycles. The Morgan fingerprint density at radius 3 is 2.52 bits per heavy atom. The van der Waals surface area contributed by atoms with Gasteiger partial charge in [0.05, 0.1) is 10.7 Å². The average Bonchev–Trinajstić information content (AvgIpc) is 2.75. The van der Waals surface area contributed by atoms with E-state index in [1.54, 1.807) is 19.2 Å². The van der Waals surface area contributed by atoms with Crippen molar-refractivity contribution in [3.8, 4) is 0 Å². The van der Waals surface area contributed by atoms with Crippen LogP contribution in [0.4, 0.5) is 10.5 Å². The minimum Gasteiger partial charge on any atom is -0.323 e. The van der Waals surface area contributed by atoms with E-state index >= 15 is 0 Å². The molecule has 8 heteroatoms. The molecule has 1 N–H and O–H groups in total. The van der Waals surface area contributed by atoms with E-state index in [9.17, 15) is 14.4 Å². The van der Waals surface area contributed by atoms with E-state index in [0.29, 0.717) is 28.6 Å². The van der Waals surface area contributed by atoms with Crippen molar-refractivity contribution >= 4 is 46.7 Å². The second-order valence-electron chi connectivity index (χ2n) is 6.50. The maximum Gasteiger partial charge on any atom is 0.327 e. The summed E-state index contributed by atoms with van der Waals surface area (Å²) in [5, 5.41) is 3.36. The van der Waals surface area contributed by atoms with Crippen LogP contribution in [0.15, 0.2) is 18.2 Å². The molecule has 2 aliphatic rings. The first kappa shape index (κ1) is 18.0. The van der Waals surface area contributed by atoms with Crippen molar-refractivity contribution in [2.24, 2.45) is 0 Å². The molecule has 134 valence electrons. The van der Waals surface area contributed by atoms with Crippen molar-refractivity contribution < 1.29 is 14.4 Å². The van der Waals surface area contributed by atoms with Crippen LogP contribution >= 0.6 is 23.2 Å². The monoisotopic (exact) mass is 383 g/mol. The number of nitrogens with zero attached hydrogens (tertiary/aromatic N) is 2. The van der Waals surface area contributed by atoms with Crippen LogP contribution < -0.4 is 5.32 Å². The average molecular weight is 384 g/mol. The number of rotatable bonds is 3. The summed E-state index contributed by atoms with van der Waals surface area (Å²) < 4.78 is 0. The lowest BCUT2D eigenvalue weighted by molar-refractivity contribution is -0.136. The molecule has 3 rings (SSSR count). The van der Waals surface area contributed by atoms with E-state index in [1.807, 2.05) is 0 Å². The lowest BCUT2D eigenvalue weighted by Gasteiger charge is -2.35. The number of likely N-dealkylation sites (N-methyl/N-ethyl adjacent to an activating group) is 1. The zero-order valence-electron chi connectivity index (χ0n) is 13.8. The minimum absolute atomic E-state index is 0.281. The van der Waals surface area contributed by atoms with Crippen molar-refractivity contribution in [2.45, 2.75) is 37.6 Å². The first-order valence-corrected chi connectivity index (χ1v) is 8.95. The number of anilines is 1. The predicted octanol–water partition coefficient (Wildman–Crippen LogP) is 3.53. The topological polar surface area (TPSA) is 69.7 Å². The maximum atomic E-state index is 12.8. The van der Waals surface area contributed by atoms with Crippen LogP contribution in [0, 0.1) is 0 Å². The van der Waals surface area contributed by atoms with Crippen LogP contribution in [-0.2, 0) is 9.59 Å². The highest BCUT2D eigenvalue weighted by Crippen LogP contribution is 2.39. The van der Waals surface area contributed by atoms with E-state index in [2.05, 4.69) is 5.32 Å². The Bertz CT molecular complexity index is 732. The third-order valence-corrected chi connectivity index (χ3v) is 5.54. The summed E-state index contributed by atoms with van der Waals surface area (Å²) in [4.78, 5) is 40.2. The minimum atomic E-state index is -0.784. The SMILES string of the molecule is CN1C(=O)N(CC(=O)Nc2ccc(Cl)cc2Cl)C(=O)C12CCCCC2. The highest BCUT2D eigenvalue weighted by Gasteiger charge is 2.55. The summed E-state index contributed by atoms with van der Waals surface area (Å²) in [5.74, 6) is -0.760. The summed E-state index contributed by atoms with van der Waals surface area (Å²) in [6, 6.07) is 4.25. The Morgan fingerprint density at radius 1 is 1.20 bits per heavy atom.